The summed E-state index contributed by atoms with van der Waals surface area (Å²) in [5, 5.41) is 2.75. The highest BCUT2D eigenvalue weighted by molar-refractivity contribution is 7.92. The summed E-state index contributed by atoms with van der Waals surface area (Å²) in [6.07, 6.45) is 0.294. The molecule has 3 aromatic carbocycles. The summed E-state index contributed by atoms with van der Waals surface area (Å²) in [6, 6.07) is 17.5. The molecule has 10 heteroatoms. The van der Waals surface area contributed by atoms with Gasteiger partial charge in [-0.15, -0.1) is 0 Å². The standard InChI is InChI=1S/C29H34FN3O5S/c1-5-27(29(35)31-6-2)32(19-22-12-14-23(30)15-13-22)28(34)20-33(24-8-7-9-25(18-24)38-4)39(36,37)26-16-10-21(3)11-17-26/h7-18,27H,5-6,19-20H2,1-4H3,(H,31,35). The summed E-state index contributed by atoms with van der Waals surface area (Å²) in [5.74, 6) is -0.956. The molecule has 0 bridgehead atoms. The van der Waals surface area contributed by atoms with Gasteiger partial charge in [0.05, 0.1) is 17.7 Å². The van der Waals surface area contributed by atoms with E-state index < -0.39 is 34.3 Å². The second-order valence-corrected chi connectivity index (χ2v) is 10.9. The number of likely N-dealkylation sites (N-methyl/N-ethyl adjacent to an activating group) is 1. The van der Waals surface area contributed by atoms with Crippen molar-refractivity contribution in [2.75, 3.05) is 24.5 Å². The van der Waals surface area contributed by atoms with Gasteiger partial charge < -0.3 is 15.0 Å². The van der Waals surface area contributed by atoms with Gasteiger partial charge in [-0.1, -0.05) is 42.8 Å². The first-order valence-corrected chi connectivity index (χ1v) is 14.1. The molecule has 0 aliphatic carbocycles. The first kappa shape index (κ1) is 29.6. The van der Waals surface area contributed by atoms with Crippen molar-refractivity contribution >= 4 is 27.5 Å². The van der Waals surface area contributed by atoms with Crippen molar-refractivity contribution in [2.24, 2.45) is 0 Å². The molecule has 1 N–H and O–H groups in total. The van der Waals surface area contributed by atoms with E-state index in [1.54, 1.807) is 44.2 Å². The minimum Gasteiger partial charge on any atom is -0.497 e. The van der Waals surface area contributed by atoms with Gasteiger partial charge in [0.15, 0.2) is 0 Å². The molecule has 8 nitrogen and oxygen atoms in total. The Balaban J connectivity index is 2.07. The van der Waals surface area contributed by atoms with E-state index in [0.29, 0.717) is 24.3 Å². The quantitative estimate of drug-likeness (QED) is 0.360. The number of halogens is 1. The smallest absolute Gasteiger partial charge is 0.264 e. The number of methoxy groups -OCH3 is 1. The van der Waals surface area contributed by atoms with Gasteiger partial charge in [0, 0.05) is 19.2 Å². The first-order valence-electron chi connectivity index (χ1n) is 12.7. The summed E-state index contributed by atoms with van der Waals surface area (Å²) >= 11 is 0. The van der Waals surface area contributed by atoms with Crippen molar-refractivity contribution < 1.29 is 27.1 Å². The van der Waals surface area contributed by atoms with E-state index in [1.165, 1.54) is 54.5 Å². The lowest BCUT2D eigenvalue weighted by atomic mass is 10.1. The average molecular weight is 556 g/mol. The van der Waals surface area contributed by atoms with Crippen LogP contribution in [0, 0.1) is 12.7 Å². The van der Waals surface area contributed by atoms with Crippen LogP contribution in [-0.4, -0.2) is 51.4 Å². The van der Waals surface area contributed by atoms with Crippen LogP contribution in [0.5, 0.6) is 5.75 Å². The predicted molar refractivity (Wildman–Crippen MR) is 148 cm³/mol. The van der Waals surface area contributed by atoms with E-state index in [9.17, 15) is 22.4 Å². The van der Waals surface area contributed by atoms with E-state index in [0.717, 1.165) is 9.87 Å². The summed E-state index contributed by atoms with van der Waals surface area (Å²) in [4.78, 5) is 28.2. The zero-order valence-electron chi connectivity index (χ0n) is 22.6. The molecule has 0 saturated heterocycles. The van der Waals surface area contributed by atoms with Gasteiger partial charge in [-0.3, -0.25) is 13.9 Å². The molecule has 208 valence electrons. The first-order chi connectivity index (χ1) is 18.6. The molecule has 1 unspecified atom stereocenters. The van der Waals surface area contributed by atoms with Crippen LogP contribution in [0.1, 0.15) is 31.4 Å². The van der Waals surface area contributed by atoms with Crippen molar-refractivity contribution in [2.45, 2.75) is 44.7 Å². The molecule has 0 aliphatic rings. The van der Waals surface area contributed by atoms with Crippen molar-refractivity contribution in [3.8, 4) is 5.75 Å². The molecule has 39 heavy (non-hydrogen) atoms. The second kappa shape index (κ2) is 13.2. The third-order valence-corrected chi connectivity index (χ3v) is 8.02. The maximum absolute atomic E-state index is 13.9. The number of hydrogen-bond donors (Lipinski definition) is 1. The van der Waals surface area contributed by atoms with Gasteiger partial charge in [-0.2, -0.15) is 0 Å². The Kier molecular flexibility index (Phi) is 10.1. The average Bonchev–Trinajstić information content (AvgIpc) is 2.92. The lowest BCUT2D eigenvalue weighted by molar-refractivity contribution is -0.140. The van der Waals surface area contributed by atoms with Gasteiger partial charge in [0.1, 0.15) is 24.2 Å². The van der Waals surface area contributed by atoms with Gasteiger partial charge in [0.25, 0.3) is 10.0 Å². The number of anilines is 1. The van der Waals surface area contributed by atoms with E-state index in [2.05, 4.69) is 5.32 Å². The SMILES string of the molecule is CCNC(=O)C(CC)N(Cc1ccc(F)cc1)C(=O)CN(c1cccc(OC)c1)S(=O)(=O)c1ccc(C)cc1. The fraction of sp³-hybridized carbons (Fsp3) is 0.310. The molecule has 0 aromatic heterocycles. The molecule has 3 aromatic rings. The number of aryl methyl sites for hydroxylation is 1. The molecule has 0 fully saturated rings. The van der Waals surface area contributed by atoms with E-state index >= 15 is 0 Å². The zero-order valence-corrected chi connectivity index (χ0v) is 23.4. The molecule has 0 saturated carbocycles. The van der Waals surface area contributed by atoms with Crippen LogP contribution in [0.15, 0.2) is 77.7 Å². The maximum Gasteiger partial charge on any atom is 0.264 e. The highest BCUT2D eigenvalue weighted by Gasteiger charge is 2.33. The number of benzene rings is 3. The summed E-state index contributed by atoms with van der Waals surface area (Å²) in [5.41, 5.74) is 1.72. The van der Waals surface area contributed by atoms with E-state index in [1.807, 2.05) is 6.92 Å². The fourth-order valence-corrected chi connectivity index (χ4v) is 5.54. The van der Waals surface area contributed by atoms with Gasteiger partial charge in [-0.05, 0) is 62.2 Å². The number of nitrogens with zero attached hydrogens (tertiary/aromatic N) is 2. The van der Waals surface area contributed by atoms with Crippen molar-refractivity contribution in [3.05, 3.63) is 89.7 Å². The van der Waals surface area contributed by atoms with E-state index in [4.69, 9.17) is 4.74 Å². The minimum atomic E-state index is -4.19. The Bertz CT molecular complexity index is 1380. The largest absolute Gasteiger partial charge is 0.497 e. The molecule has 1 atom stereocenters. The topological polar surface area (TPSA) is 96.0 Å². The van der Waals surface area contributed by atoms with Crippen LogP contribution in [0.4, 0.5) is 10.1 Å². The van der Waals surface area contributed by atoms with Crippen LogP contribution >= 0.6 is 0 Å². The Morgan fingerprint density at radius 1 is 1.00 bits per heavy atom. The molecule has 2 amide bonds. The Hall–Kier alpha value is -3.92. The lowest BCUT2D eigenvalue weighted by Gasteiger charge is -2.33. The van der Waals surface area contributed by atoms with Crippen LogP contribution in [0.25, 0.3) is 0 Å². The molecule has 0 heterocycles. The van der Waals surface area contributed by atoms with E-state index in [-0.39, 0.29) is 23.0 Å². The third-order valence-electron chi connectivity index (χ3n) is 6.23. The Morgan fingerprint density at radius 2 is 1.67 bits per heavy atom. The third kappa shape index (κ3) is 7.35. The number of sulfonamides is 1. The van der Waals surface area contributed by atoms with Crippen molar-refractivity contribution in [1.29, 1.82) is 0 Å². The molecule has 0 aliphatic heterocycles. The number of amides is 2. The molecular formula is C29H34FN3O5S. The Labute approximate surface area is 229 Å². The number of carbonyl (C=O) groups is 2. The van der Waals surface area contributed by atoms with Gasteiger partial charge in [-0.25, -0.2) is 12.8 Å². The summed E-state index contributed by atoms with van der Waals surface area (Å²) < 4.78 is 47.6. The van der Waals surface area contributed by atoms with Gasteiger partial charge in [0.2, 0.25) is 11.8 Å². The maximum atomic E-state index is 13.9. The fourth-order valence-electron chi connectivity index (χ4n) is 4.13. The molecule has 3 rings (SSSR count). The number of hydrogen-bond acceptors (Lipinski definition) is 5. The number of ether oxygens (including phenoxy) is 1. The number of rotatable bonds is 12. The van der Waals surface area contributed by atoms with Gasteiger partial charge >= 0.3 is 0 Å². The molecular weight excluding hydrogens is 521 g/mol. The molecule has 0 spiro atoms. The van der Waals surface area contributed by atoms with Crippen molar-refractivity contribution in [1.82, 2.24) is 10.2 Å². The normalized spacial score (nSPS) is 11.9. The number of nitrogens with one attached hydrogen (secondary N) is 1. The minimum absolute atomic E-state index is 0.00865. The van der Waals surface area contributed by atoms with Crippen LogP contribution in [0.3, 0.4) is 0 Å². The van der Waals surface area contributed by atoms with Crippen LogP contribution < -0.4 is 14.4 Å². The highest BCUT2D eigenvalue weighted by atomic mass is 32.2. The highest BCUT2D eigenvalue weighted by Crippen LogP contribution is 2.28. The monoisotopic (exact) mass is 555 g/mol. The Morgan fingerprint density at radius 3 is 2.26 bits per heavy atom. The molecule has 0 radical (unpaired) electrons. The lowest BCUT2D eigenvalue weighted by Crippen LogP contribution is -2.52. The van der Waals surface area contributed by atoms with Crippen LogP contribution in [-0.2, 0) is 26.2 Å². The predicted octanol–water partition coefficient (Wildman–Crippen LogP) is 4.28. The summed E-state index contributed by atoms with van der Waals surface area (Å²) in [7, 11) is -2.72. The zero-order chi connectivity index (χ0) is 28.6. The summed E-state index contributed by atoms with van der Waals surface area (Å²) in [6.45, 7) is 5.18. The number of carbonyl (C=O) groups excluding carboxylic acids is 2. The van der Waals surface area contributed by atoms with Crippen molar-refractivity contribution in [3.63, 3.8) is 0 Å². The van der Waals surface area contributed by atoms with Crippen LogP contribution in [0.2, 0.25) is 0 Å². The second-order valence-electron chi connectivity index (χ2n) is 8.99.